The Morgan fingerprint density at radius 3 is 2.37 bits per heavy atom. The van der Waals surface area contributed by atoms with Crippen LogP contribution in [0.15, 0.2) is 72.3 Å². The fourth-order valence-electron chi connectivity index (χ4n) is 2.74. The van der Waals surface area contributed by atoms with Crippen molar-refractivity contribution in [3.63, 3.8) is 0 Å². The van der Waals surface area contributed by atoms with Crippen molar-refractivity contribution in [1.82, 2.24) is 0 Å². The van der Waals surface area contributed by atoms with Crippen molar-refractivity contribution in [2.75, 3.05) is 5.32 Å². The number of anilines is 1. The summed E-state index contributed by atoms with van der Waals surface area (Å²) in [4.78, 5) is 12.4. The lowest BCUT2D eigenvalue weighted by Crippen LogP contribution is -2.13. The molecule has 0 aromatic heterocycles. The molecule has 3 rings (SSSR count). The highest BCUT2D eigenvalue weighted by Crippen LogP contribution is 2.18. The molecule has 1 amide bonds. The van der Waals surface area contributed by atoms with E-state index in [-0.39, 0.29) is 11.4 Å². The summed E-state index contributed by atoms with van der Waals surface area (Å²) in [6.45, 7) is 4.28. The number of benzene rings is 3. The normalized spacial score (nSPS) is 10.9. The van der Waals surface area contributed by atoms with Crippen LogP contribution in [-0.4, -0.2) is 5.91 Å². The number of carbonyl (C=O) groups excluding carboxylic acids is 1. The molecule has 0 saturated heterocycles. The smallest absolute Gasteiger partial charge is 0.266 e. The van der Waals surface area contributed by atoms with E-state index in [1.165, 1.54) is 18.2 Å². The molecule has 0 aliphatic rings. The predicted molar refractivity (Wildman–Crippen MR) is 115 cm³/mol. The van der Waals surface area contributed by atoms with Gasteiger partial charge in [0.05, 0.1) is 0 Å². The van der Waals surface area contributed by atoms with Crippen molar-refractivity contribution in [1.29, 1.82) is 5.26 Å². The van der Waals surface area contributed by atoms with Crippen molar-refractivity contribution in [3.05, 3.63) is 100 Å². The minimum atomic E-state index is -0.461. The molecule has 0 aliphatic heterocycles. The fraction of sp³-hybridized carbons (Fsp3) is 0.120. The zero-order valence-corrected chi connectivity index (χ0v) is 16.8. The van der Waals surface area contributed by atoms with Crippen LogP contribution in [0.25, 0.3) is 6.08 Å². The summed E-state index contributed by atoms with van der Waals surface area (Å²) in [6, 6.07) is 20.7. The minimum absolute atomic E-state index is 0.00760. The average molecular weight is 400 g/mol. The van der Waals surface area contributed by atoms with E-state index in [4.69, 9.17) is 4.74 Å². The number of aryl methyl sites for hydroxylation is 2. The minimum Gasteiger partial charge on any atom is -0.489 e. The van der Waals surface area contributed by atoms with Gasteiger partial charge in [-0.3, -0.25) is 4.79 Å². The second-order valence-electron chi connectivity index (χ2n) is 6.91. The molecule has 0 heterocycles. The van der Waals surface area contributed by atoms with Gasteiger partial charge in [-0.15, -0.1) is 0 Å². The van der Waals surface area contributed by atoms with E-state index in [1.54, 1.807) is 36.4 Å². The van der Waals surface area contributed by atoms with Crippen LogP contribution in [0.3, 0.4) is 0 Å². The number of hydrogen-bond acceptors (Lipinski definition) is 3. The third-order valence-electron chi connectivity index (χ3n) is 4.64. The van der Waals surface area contributed by atoms with E-state index in [2.05, 4.69) is 5.32 Å². The van der Waals surface area contributed by atoms with Gasteiger partial charge in [-0.1, -0.05) is 30.3 Å². The van der Waals surface area contributed by atoms with E-state index in [9.17, 15) is 14.4 Å². The maximum atomic E-state index is 12.9. The van der Waals surface area contributed by atoms with Gasteiger partial charge in [-0.05, 0) is 78.6 Å². The first-order valence-corrected chi connectivity index (χ1v) is 9.42. The Balaban J connectivity index is 1.64. The van der Waals surface area contributed by atoms with Crippen molar-refractivity contribution in [2.45, 2.75) is 20.5 Å². The van der Waals surface area contributed by atoms with Crippen molar-refractivity contribution in [3.8, 4) is 11.8 Å². The van der Waals surface area contributed by atoms with Crippen LogP contribution < -0.4 is 10.1 Å². The van der Waals surface area contributed by atoms with Crippen molar-refractivity contribution >= 4 is 17.7 Å². The first-order chi connectivity index (χ1) is 14.4. The second kappa shape index (κ2) is 9.53. The molecule has 30 heavy (non-hydrogen) atoms. The van der Waals surface area contributed by atoms with Gasteiger partial charge in [0, 0.05) is 5.69 Å². The van der Waals surface area contributed by atoms with E-state index in [0.29, 0.717) is 23.6 Å². The molecule has 3 aromatic carbocycles. The largest absolute Gasteiger partial charge is 0.489 e. The molecular weight excluding hydrogens is 379 g/mol. The third kappa shape index (κ3) is 5.55. The SMILES string of the molecule is Cc1ccc(NC(=O)/C(C#N)=C/c2ccc(OCc3ccc(F)cc3)cc2)cc1C. The third-order valence-corrected chi connectivity index (χ3v) is 4.64. The number of ether oxygens (including phenoxy) is 1. The van der Waals surface area contributed by atoms with E-state index >= 15 is 0 Å². The molecule has 4 nitrogen and oxygen atoms in total. The molecule has 0 radical (unpaired) electrons. The number of halogens is 1. The van der Waals surface area contributed by atoms with E-state index < -0.39 is 5.91 Å². The highest BCUT2D eigenvalue weighted by molar-refractivity contribution is 6.09. The van der Waals surface area contributed by atoms with Crippen molar-refractivity contribution in [2.24, 2.45) is 0 Å². The lowest BCUT2D eigenvalue weighted by atomic mass is 10.1. The summed E-state index contributed by atoms with van der Waals surface area (Å²) >= 11 is 0. The zero-order valence-electron chi connectivity index (χ0n) is 16.8. The number of nitrogens with zero attached hydrogens (tertiary/aromatic N) is 1. The molecule has 0 saturated carbocycles. The standard InChI is InChI=1S/C25H21FN2O2/c1-17-3-10-23(13-18(17)2)28-25(29)21(15-27)14-19-6-11-24(12-7-19)30-16-20-4-8-22(26)9-5-20/h3-14H,16H2,1-2H3,(H,28,29)/b21-14+. The molecule has 5 heteroatoms. The van der Waals surface area contributed by atoms with Crippen LogP contribution in [0.2, 0.25) is 0 Å². The van der Waals surface area contributed by atoms with Gasteiger partial charge in [-0.25, -0.2) is 4.39 Å². The summed E-state index contributed by atoms with van der Waals surface area (Å²) in [5, 5.41) is 12.1. The summed E-state index contributed by atoms with van der Waals surface area (Å²) in [5.74, 6) is -0.114. The molecule has 1 N–H and O–H groups in total. The molecule has 0 aliphatic carbocycles. The highest BCUT2D eigenvalue weighted by Gasteiger charge is 2.10. The summed E-state index contributed by atoms with van der Waals surface area (Å²) in [6.07, 6.45) is 1.53. The number of carbonyl (C=O) groups is 1. The van der Waals surface area contributed by atoms with Crippen LogP contribution in [0.4, 0.5) is 10.1 Å². The number of hydrogen-bond donors (Lipinski definition) is 1. The Morgan fingerprint density at radius 1 is 1.03 bits per heavy atom. The van der Waals surface area contributed by atoms with Crippen LogP contribution in [0.5, 0.6) is 5.75 Å². The first kappa shape index (κ1) is 20.8. The van der Waals surface area contributed by atoms with Gasteiger partial charge < -0.3 is 10.1 Å². The Morgan fingerprint density at radius 2 is 1.73 bits per heavy atom. The molecular formula is C25H21FN2O2. The van der Waals surface area contributed by atoms with Gasteiger partial charge in [-0.2, -0.15) is 5.26 Å². The topological polar surface area (TPSA) is 62.1 Å². The average Bonchev–Trinajstić information content (AvgIpc) is 2.75. The van der Waals surface area contributed by atoms with Gasteiger partial charge in [0.2, 0.25) is 0 Å². The quantitative estimate of drug-likeness (QED) is 0.435. The Kier molecular flexibility index (Phi) is 6.61. The summed E-state index contributed by atoms with van der Waals surface area (Å²) in [7, 11) is 0. The zero-order chi connectivity index (χ0) is 21.5. The molecule has 0 unspecified atom stereocenters. The number of amides is 1. The monoisotopic (exact) mass is 400 g/mol. The van der Waals surface area contributed by atoms with Crippen LogP contribution in [-0.2, 0) is 11.4 Å². The van der Waals surface area contributed by atoms with Gasteiger partial charge in [0.25, 0.3) is 5.91 Å². The number of nitriles is 1. The molecule has 0 atom stereocenters. The molecule has 0 bridgehead atoms. The lowest BCUT2D eigenvalue weighted by Gasteiger charge is -2.08. The molecule has 0 fully saturated rings. The Bertz CT molecular complexity index is 1110. The first-order valence-electron chi connectivity index (χ1n) is 9.42. The summed E-state index contributed by atoms with van der Waals surface area (Å²) < 4.78 is 18.6. The predicted octanol–water partition coefficient (Wildman–Crippen LogP) is 5.57. The second-order valence-corrected chi connectivity index (χ2v) is 6.91. The van der Waals surface area contributed by atoms with Gasteiger partial charge in [0.15, 0.2) is 0 Å². The fourth-order valence-corrected chi connectivity index (χ4v) is 2.74. The van der Waals surface area contributed by atoms with E-state index in [0.717, 1.165) is 16.7 Å². The summed E-state index contributed by atoms with van der Waals surface area (Å²) in [5.41, 5.74) is 4.41. The van der Waals surface area contributed by atoms with Crippen LogP contribution in [0, 0.1) is 31.0 Å². The highest BCUT2D eigenvalue weighted by atomic mass is 19.1. The maximum Gasteiger partial charge on any atom is 0.266 e. The maximum absolute atomic E-state index is 12.9. The number of nitrogens with one attached hydrogen (secondary N) is 1. The molecule has 3 aromatic rings. The molecule has 150 valence electrons. The Labute approximate surface area is 175 Å². The molecule has 0 spiro atoms. The van der Waals surface area contributed by atoms with Crippen LogP contribution in [0.1, 0.15) is 22.3 Å². The van der Waals surface area contributed by atoms with Crippen molar-refractivity contribution < 1.29 is 13.9 Å². The lowest BCUT2D eigenvalue weighted by molar-refractivity contribution is -0.112. The van der Waals surface area contributed by atoms with Gasteiger partial charge in [0.1, 0.15) is 29.8 Å². The van der Waals surface area contributed by atoms with Gasteiger partial charge >= 0.3 is 0 Å². The van der Waals surface area contributed by atoms with Crippen LogP contribution >= 0.6 is 0 Å². The van der Waals surface area contributed by atoms with E-state index in [1.807, 2.05) is 38.1 Å². The number of rotatable bonds is 6. The Hall–Kier alpha value is -3.91.